The van der Waals surface area contributed by atoms with Crippen LogP contribution in [0.15, 0.2) is 41.8 Å². The van der Waals surface area contributed by atoms with Gasteiger partial charge in [-0.25, -0.2) is 16.8 Å². The molecule has 0 fully saturated rings. The van der Waals surface area contributed by atoms with E-state index in [1.54, 1.807) is 0 Å². The molecule has 0 saturated carbocycles. The molecule has 0 saturated heterocycles. The molecule has 1 rings (SSSR count). The van der Waals surface area contributed by atoms with Crippen LogP contribution >= 0.6 is 0 Å². The van der Waals surface area contributed by atoms with Crippen molar-refractivity contribution in [1.29, 1.82) is 0 Å². The van der Waals surface area contributed by atoms with E-state index in [0.717, 1.165) is 12.3 Å². The molecule has 0 unspecified atom stereocenters. The second kappa shape index (κ2) is 5.51. The lowest BCUT2D eigenvalue weighted by atomic mass is 10.3. The van der Waals surface area contributed by atoms with Crippen molar-refractivity contribution in [2.24, 2.45) is 0 Å². The third-order valence-corrected chi connectivity index (χ3v) is 4.86. The predicted octanol–water partition coefficient (Wildman–Crippen LogP) is 0.0490. The fourth-order valence-corrected chi connectivity index (χ4v) is 3.63. The van der Waals surface area contributed by atoms with E-state index >= 15 is 0 Å². The summed E-state index contributed by atoms with van der Waals surface area (Å²) in [6.45, 7) is 3.27. The molecule has 0 radical (unpaired) electrons. The molecule has 19 heavy (non-hydrogen) atoms. The average Bonchev–Trinajstić information content (AvgIpc) is 2.26. The van der Waals surface area contributed by atoms with E-state index in [1.807, 2.05) is 0 Å². The number of anilines is 1. The number of benzene rings is 1. The Bertz CT molecular complexity index is 690. The Kier molecular flexibility index (Phi) is 4.45. The Hall–Kier alpha value is -1.71. The van der Waals surface area contributed by atoms with E-state index in [-0.39, 0.29) is 4.90 Å². The number of hydrogen-bond donors (Lipinski definition) is 2. The second-order valence-corrected chi connectivity index (χ2v) is 7.27. The van der Waals surface area contributed by atoms with Gasteiger partial charge in [0.25, 0.3) is 10.0 Å². The molecular weight excluding hydrogens is 292 g/mol. The number of rotatable bonds is 5. The molecule has 104 valence electrons. The highest BCUT2D eigenvalue weighted by Crippen LogP contribution is 2.14. The van der Waals surface area contributed by atoms with Crippen LogP contribution in [-0.2, 0) is 24.8 Å². The summed E-state index contributed by atoms with van der Waals surface area (Å²) in [7, 11) is -8.02. The SMILES string of the molecule is C=CC(=O)Nc1ccc(S(=O)(=O)NS(C)(=O)=O)cc1. The van der Waals surface area contributed by atoms with E-state index < -0.39 is 26.0 Å². The number of nitrogens with one attached hydrogen (secondary N) is 2. The summed E-state index contributed by atoms with van der Waals surface area (Å²) in [5.41, 5.74) is 0.364. The van der Waals surface area contributed by atoms with Crippen LogP contribution in [0.4, 0.5) is 5.69 Å². The summed E-state index contributed by atoms with van der Waals surface area (Å²) < 4.78 is 46.6. The molecule has 0 bridgehead atoms. The van der Waals surface area contributed by atoms with Crippen LogP contribution in [0.3, 0.4) is 0 Å². The minimum absolute atomic E-state index is 0.227. The van der Waals surface area contributed by atoms with E-state index in [1.165, 1.54) is 28.4 Å². The second-order valence-electron chi connectivity index (χ2n) is 3.58. The van der Waals surface area contributed by atoms with Crippen molar-refractivity contribution >= 4 is 31.6 Å². The summed E-state index contributed by atoms with van der Waals surface area (Å²) in [6.07, 6.45) is 1.80. The summed E-state index contributed by atoms with van der Waals surface area (Å²) in [5.74, 6) is -0.440. The molecule has 0 aliphatic carbocycles. The van der Waals surface area contributed by atoms with Gasteiger partial charge in [-0.3, -0.25) is 4.79 Å². The topological polar surface area (TPSA) is 109 Å². The van der Waals surface area contributed by atoms with Gasteiger partial charge in [-0.1, -0.05) is 6.58 Å². The van der Waals surface area contributed by atoms with Gasteiger partial charge in [0.15, 0.2) is 0 Å². The monoisotopic (exact) mass is 304 g/mol. The van der Waals surface area contributed by atoms with Crippen molar-refractivity contribution in [3.8, 4) is 0 Å². The average molecular weight is 304 g/mol. The first-order chi connectivity index (χ1) is 8.64. The van der Waals surface area contributed by atoms with Crippen LogP contribution in [0.25, 0.3) is 0 Å². The third kappa shape index (κ3) is 4.81. The van der Waals surface area contributed by atoms with Gasteiger partial charge in [-0.05, 0) is 30.3 Å². The van der Waals surface area contributed by atoms with Crippen molar-refractivity contribution in [2.75, 3.05) is 11.6 Å². The normalized spacial score (nSPS) is 11.8. The quantitative estimate of drug-likeness (QED) is 0.747. The van der Waals surface area contributed by atoms with Crippen LogP contribution in [0.5, 0.6) is 0 Å². The third-order valence-electron chi connectivity index (χ3n) is 1.88. The smallest absolute Gasteiger partial charge is 0.253 e. The largest absolute Gasteiger partial charge is 0.323 e. The van der Waals surface area contributed by atoms with Gasteiger partial charge >= 0.3 is 0 Å². The van der Waals surface area contributed by atoms with Crippen LogP contribution in [0.1, 0.15) is 0 Å². The lowest BCUT2D eigenvalue weighted by Gasteiger charge is -2.06. The standard InChI is InChI=1S/C10H12N2O5S2/c1-3-10(13)11-8-4-6-9(7-5-8)19(16,17)12-18(2,14)15/h3-7,12H,1H2,2H3,(H,11,13). The van der Waals surface area contributed by atoms with Crippen molar-refractivity contribution in [3.05, 3.63) is 36.9 Å². The van der Waals surface area contributed by atoms with E-state index in [9.17, 15) is 21.6 Å². The lowest BCUT2D eigenvalue weighted by Crippen LogP contribution is -2.29. The highest BCUT2D eigenvalue weighted by Gasteiger charge is 2.18. The number of carbonyl (C=O) groups excluding carboxylic acids is 1. The minimum Gasteiger partial charge on any atom is -0.323 e. The van der Waals surface area contributed by atoms with Crippen LogP contribution < -0.4 is 9.44 Å². The molecule has 0 aromatic heterocycles. The first-order valence-electron chi connectivity index (χ1n) is 4.91. The summed E-state index contributed by atoms with van der Waals surface area (Å²) in [4.78, 5) is 10.8. The van der Waals surface area contributed by atoms with Gasteiger partial charge in [-0.15, -0.1) is 4.13 Å². The molecule has 7 nitrogen and oxygen atoms in total. The summed E-state index contributed by atoms with van der Waals surface area (Å²) >= 11 is 0. The molecule has 0 spiro atoms. The van der Waals surface area contributed by atoms with Crippen LogP contribution in [-0.4, -0.2) is 29.0 Å². The first kappa shape index (κ1) is 15.3. The molecule has 0 aliphatic heterocycles. The molecular formula is C10H12N2O5S2. The minimum atomic E-state index is -4.14. The van der Waals surface area contributed by atoms with E-state index in [2.05, 4.69) is 11.9 Å². The van der Waals surface area contributed by atoms with Crippen molar-refractivity contribution in [3.63, 3.8) is 0 Å². The van der Waals surface area contributed by atoms with Crippen LogP contribution in [0, 0.1) is 0 Å². The van der Waals surface area contributed by atoms with Crippen molar-refractivity contribution < 1.29 is 21.6 Å². The van der Waals surface area contributed by atoms with Gasteiger partial charge in [0.05, 0.1) is 11.2 Å². The Morgan fingerprint density at radius 1 is 1.16 bits per heavy atom. The van der Waals surface area contributed by atoms with Gasteiger partial charge in [0, 0.05) is 5.69 Å². The maximum Gasteiger partial charge on any atom is 0.253 e. The molecule has 0 heterocycles. The molecule has 2 N–H and O–H groups in total. The van der Waals surface area contributed by atoms with Crippen molar-refractivity contribution in [2.45, 2.75) is 4.90 Å². The molecule has 1 aromatic carbocycles. The zero-order valence-electron chi connectivity index (χ0n) is 9.95. The van der Waals surface area contributed by atoms with Gasteiger partial charge < -0.3 is 5.32 Å². The van der Waals surface area contributed by atoms with Crippen LogP contribution in [0.2, 0.25) is 0 Å². The maximum absolute atomic E-state index is 11.6. The Morgan fingerprint density at radius 2 is 1.68 bits per heavy atom. The maximum atomic E-state index is 11.6. The van der Waals surface area contributed by atoms with E-state index in [4.69, 9.17) is 0 Å². The summed E-state index contributed by atoms with van der Waals surface area (Å²) in [6, 6.07) is 5.01. The van der Waals surface area contributed by atoms with Gasteiger partial charge in [0.1, 0.15) is 0 Å². The number of carbonyl (C=O) groups is 1. The molecule has 9 heteroatoms. The highest BCUT2D eigenvalue weighted by molar-refractivity contribution is 8.04. The molecule has 1 aromatic rings. The Balaban J connectivity index is 2.99. The highest BCUT2D eigenvalue weighted by atomic mass is 32.3. The first-order valence-corrected chi connectivity index (χ1v) is 8.28. The Labute approximate surface area is 111 Å². The Morgan fingerprint density at radius 3 is 2.11 bits per heavy atom. The number of hydrogen-bond acceptors (Lipinski definition) is 5. The number of amides is 1. The summed E-state index contributed by atoms with van der Waals surface area (Å²) in [5, 5.41) is 2.43. The molecule has 0 aliphatic rings. The van der Waals surface area contributed by atoms with Gasteiger partial charge in [0.2, 0.25) is 15.9 Å². The van der Waals surface area contributed by atoms with Gasteiger partial charge in [-0.2, -0.15) is 0 Å². The van der Waals surface area contributed by atoms with E-state index in [0.29, 0.717) is 5.69 Å². The molecule has 1 amide bonds. The fourth-order valence-electron chi connectivity index (χ4n) is 1.16. The zero-order chi connectivity index (χ0) is 14.7. The fraction of sp³-hybridized carbons (Fsp3) is 0.100. The molecule has 0 atom stereocenters. The predicted molar refractivity (Wildman–Crippen MR) is 70.4 cm³/mol. The zero-order valence-corrected chi connectivity index (χ0v) is 11.6. The van der Waals surface area contributed by atoms with Crippen molar-refractivity contribution in [1.82, 2.24) is 4.13 Å². The lowest BCUT2D eigenvalue weighted by molar-refractivity contribution is -0.111. The number of sulfonamides is 2.